The Balaban J connectivity index is 1.71. The van der Waals surface area contributed by atoms with Crippen molar-refractivity contribution >= 4 is 51.5 Å². The normalized spacial score (nSPS) is 19.5. The first kappa shape index (κ1) is 20.2. The number of hydrogen-bond acceptors (Lipinski definition) is 3. The molecule has 0 saturated heterocycles. The Morgan fingerprint density at radius 3 is 2.81 bits per heavy atom. The highest BCUT2D eigenvalue weighted by molar-refractivity contribution is 14.1. The molecule has 0 bridgehead atoms. The van der Waals surface area contributed by atoms with E-state index in [4.69, 9.17) is 16.3 Å². The molecular weight excluding hydrogens is 498 g/mol. The van der Waals surface area contributed by atoms with Crippen molar-refractivity contribution in [3.05, 3.63) is 34.5 Å². The van der Waals surface area contributed by atoms with E-state index in [1.54, 1.807) is 17.9 Å². The van der Waals surface area contributed by atoms with Crippen molar-refractivity contribution in [1.82, 2.24) is 14.6 Å². The number of rotatable bonds is 6. The summed E-state index contributed by atoms with van der Waals surface area (Å²) in [6.07, 6.45) is -0.220. The molecule has 3 heterocycles. The summed E-state index contributed by atoms with van der Waals surface area (Å²) in [5.41, 5.74) is 2.48. The summed E-state index contributed by atoms with van der Waals surface area (Å²) in [5, 5.41) is 0.318. The minimum Gasteiger partial charge on any atom is -0.473 e. The molecule has 3 rings (SSSR count). The predicted octanol–water partition coefficient (Wildman–Crippen LogP) is 3.12. The molecule has 2 atom stereocenters. The first-order valence-electron chi connectivity index (χ1n) is 7.98. The van der Waals surface area contributed by atoms with Crippen LogP contribution in [0.5, 0.6) is 5.88 Å². The quantitative estimate of drug-likeness (QED) is 0.334. The Labute approximate surface area is 172 Å². The number of ether oxygens (including phenoxy) is 1. The third-order valence-corrected chi connectivity index (χ3v) is 5.53. The zero-order chi connectivity index (χ0) is 19.9. The number of halogens is 5. The lowest BCUT2D eigenvalue weighted by atomic mass is 10.1. The van der Waals surface area contributed by atoms with Crippen LogP contribution in [0.3, 0.4) is 0 Å². The second-order valence-electron chi connectivity index (χ2n) is 6.29. The number of carbonyl (C=O) groups is 1. The smallest absolute Gasteiger partial charge is 0.401 e. The maximum Gasteiger partial charge on any atom is 0.401 e. The first-order chi connectivity index (χ1) is 12.6. The number of carbonyl (C=O) groups excluding carboxylic acids is 1. The first-order valence-corrected chi connectivity index (χ1v) is 9.44. The average molecular weight is 513 g/mol. The lowest BCUT2D eigenvalue weighted by Gasteiger charge is -2.25. The van der Waals surface area contributed by atoms with Crippen molar-refractivity contribution in [1.29, 1.82) is 0 Å². The molecule has 0 spiro atoms. The van der Waals surface area contributed by atoms with Crippen LogP contribution < -0.4 is 9.40 Å². The maximum absolute atomic E-state index is 13.6. The van der Waals surface area contributed by atoms with Crippen LogP contribution in [0.15, 0.2) is 23.4 Å². The molecule has 0 saturated carbocycles. The SMILES string of the molecule is Cc1cc(C(C)N2CC3=C(C=[N+]=C3Cl)C2=O)cnc1OCC(F)(I)C(F)F. The second kappa shape index (κ2) is 7.44. The summed E-state index contributed by atoms with van der Waals surface area (Å²) in [6, 6.07) is 1.44. The summed E-state index contributed by atoms with van der Waals surface area (Å²) >= 11 is 7.02. The van der Waals surface area contributed by atoms with Gasteiger partial charge in [-0.1, -0.05) is 4.67 Å². The van der Waals surface area contributed by atoms with Crippen LogP contribution in [0.2, 0.25) is 0 Å². The van der Waals surface area contributed by atoms with Gasteiger partial charge in [0.1, 0.15) is 12.2 Å². The molecule has 1 amide bonds. The second-order valence-corrected chi connectivity index (χ2v) is 8.44. The molecule has 2 unspecified atom stereocenters. The van der Waals surface area contributed by atoms with Gasteiger partial charge in [-0.3, -0.25) is 4.79 Å². The lowest BCUT2D eigenvalue weighted by Crippen LogP contribution is -2.32. The van der Waals surface area contributed by atoms with Gasteiger partial charge in [-0.15, -0.1) is 0 Å². The van der Waals surface area contributed by atoms with E-state index in [0.717, 1.165) is 28.2 Å². The molecule has 10 heteroatoms. The number of amides is 1. The van der Waals surface area contributed by atoms with Gasteiger partial charge in [-0.05, 0) is 48.1 Å². The van der Waals surface area contributed by atoms with Crippen molar-refractivity contribution in [2.24, 2.45) is 0 Å². The predicted molar refractivity (Wildman–Crippen MR) is 105 cm³/mol. The third kappa shape index (κ3) is 3.86. The van der Waals surface area contributed by atoms with Crippen LogP contribution in [0.4, 0.5) is 13.2 Å². The van der Waals surface area contributed by atoms with Gasteiger partial charge in [-0.2, -0.15) is 0 Å². The van der Waals surface area contributed by atoms with Gasteiger partial charge in [0.2, 0.25) is 5.88 Å². The maximum atomic E-state index is 13.6. The van der Waals surface area contributed by atoms with Gasteiger partial charge in [0.05, 0.1) is 18.2 Å². The summed E-state index contributed by atoms with van der Waals surface area (Å²) < 4.78 is 45.1. The molecular formula is C17H15ClF3IN3O2+. The van der Waals surface area contributed by atoms with Crippen LogP contribution in [-0.2, 0) is 4.79 Å². The van der Waals surface area contributed by atoms with Crippen molar-refractivity contribution in [3.63, 3.8) is 0 Å². The molecule has 1 aromatic heterocycles. The fourth-order valence-electron chi connectivity index (χ4n) is 2.80. The third-order valence-electron chi connectivity index (χ3n) is 4.42. The monoisotopic (exact) mass is 512 g/mol. The van der Waals surface area contributed by atoms with Crippen LogP contribution >= 0.6 is 34.2 Å². The summed E-state index contributed by atoms with van der Waals surface area (Å²) in [5.74, 6) is -0.0962. The van der Waals surface area contributed by atoms with Crippen LogP contribution in [-0.4, -0.2) is 50.4 Å². The van der Waals surface area contributed by atoms with Gasteiger partial charge in [0, 0.05) is 23.4 Å². The van der Waals surface area contributed by atoms with E-state index in [0.29, 0.717) is 28.4 Å². The Bertz CT molecular complexity index is 897. The number of aromatic nitrogens is 1. The van der Waals surface area contributed by atoms with Gasteiger partial charge < -0.3 is 9.64 Å². The van der Waals surface area contributed by atoms with Crippen LogP contribution in [0.25, 0.3) is 0 Å². The Morgan fingerprint density at radius 1 is 1.52 bits per heavy atom. The fraction of sp³-hybridized carbons (Fsp3) is 0.412. The standard InChI is InChI=1S/C17H15ClF3IN3O2/c1-8-3-10(4-24-14(8)27-7-17(21,22)16(19)20)9(2)25-6-12-11(15(25)26)5-23-13(12)18/h3-5,9,16H,6-7H2,1-2H3/q+1. The molecule has 2 aliphatic rings. The Morgan fingerprint density at radius 2 is 2.22 bits per heavy atom. The lowest BCUT2D eigenvalue weighted by molar-refractivity contribution is -0.126. The van der Waals surface area contributed by atoms with Crippen molar-refractivity contribution in [2.75, 3.05) is 13.2 Å². The highest BCUT2D eigenvalue weighted by Gasteiger charge is 2.42. The molecule has 0 aliphatic carbocycles. The van der Waals surface area contributed by atoms with Gasteiger partial charge in [0.25, 0.3) is 16.0 Å². The average Bonchev–Trinajstić information content (AvgIpc) is 3.13. The molecule has 0 N–H and O–H groups in total. The number of hydrogen-bond donors (Lipinski definition) is 0. The van der Waals surface area contributed by atoms with E-state index in [1.165, 1.54) is 12.4 Å². The highest BCUT2D eigenvalue weighted by Crippen LogP contribution is 2.33. The molecule has 27 heavy (non-hydrogen) atoms. The van der Waals surface area contributed by atoms with Crippen LogP contribution in [0.1, 0.15) is 24.1 Å². The number of pyridine rings is 1. The van der Waals surface area contributed by atoms with Gasteiger partial charge in [0.15, 0.2) is 0 Å². The van der Waals surface area contributed by atoms with E-state index in [-0.39, 0.29) is 17.8 Å². The minimum absolute atomic E-state index is 0.0715. The van der Waals surface area contributed by atoms with E-state index < -0.39 is 16.7 Å². The summed E-state index contributed by atoms with van der Waals surface area (Å²) in [6.45, 7) is 3.05. The Hall–Kier alpha value is -1.58. The van der Waals surface area contributed by atoms with Crippen molar-refractivity contribution in [2.45, 2.75) is 30.0 Å². The number of aryl methyl sites for hydroxylation is 1. The van der Waals surface area contributed by atoms with Crippen molar-refractivity contribution in [3.8, 4) is 5.88 Å². The van der Waals surface area contributed by atoms with E-state index in [9.17, 15) is 18.0 Å². The number of nitrogens with zero attached hydrogens (tertiary/aromatic N) is 3. The van der Waals surface area contributed by atoms with E-state index in [2.05, 4.69) is 9.65 Å². The summed E-state index contributed by atoms with van der Waals surface area (Å²) in [4.78, 5) is 18.3. The molecule has 0 fully saturated rings. The van der Waals surface area contributed by atoms with E-state index >= 15 is 0 Å². The molecule has 0 aromatic carbocycles. The van der Waals surface area contributed by atoms with Gasteiger partial charge in [-0.25, -0.2) is 18.2 Å². The Kier molecular flexibility index (Phi) is 5.56. The number of alkyl halides is 4. The molecule has 5 nitrogen and oxygen atoms in total. The largest absolute Gasteiger partial charge is 0.473 e. The zero-order valence-electron chi connectivity index (χ0n) is 14.3. The van der Waals surface area contributed by atoms with E-state index in [1.807, 2.05) is 6.92 Å². The zero-order valence-corrected chi connectivity index (χ0v) is 17.3. The molecule has 144 valence electrons. The molecule has 2 aliphatic heterocycles. The van der Waals surface area contributed by atoms with Crippen LogP contribution in [0, 0.1) is 6.92 Å². The van der Waals surface area contributed by atoms with Gasteiger partial charge >= 0.3 is 11.4 Å². The van der Waals surface area contributed by atoms with Crippen molar-refractivity contribution < 1.29 is 22.7 Å². The topological polar surface area (TPSA) is 56.5 Å². The summed E-state index contributed by atoms with van der Waals surface area (Å²) in [7, 11) is 0. The fourth-order valence-corrected chi connectivity index (χ4v) is 3.17. The minimum atomic E-state index is -3.17. The molecule has 0 radical (unpaired) electrons. The highest BCUT2D eigenvalue weighted by atomic mass is 127. The molecule has 1 aromatic rings.